The molecule has 0 saturated heterocycles. The average molecular weight is 406 g/mol. The van der Waals surface area contributed by atoms with E-state index >= 15 is 0 Å². The largest absolute Gasteiger partial charge is 0.378 e. The number of hydrogen-bond donors (Lipinski definition) is 2. The van der Waals surface area contributed by atoms with E-state index in [1.165, 1.54) is 5.56 Å². The van der Waals surface area contributed by atoms with Crippen molar-refractivity contribution in [1.82, 2.24) is 15.0 Å². The summed E-state index contributed by atoms with van der Waals surface area (Å²) in [7, 11) is 0. The molecule has 0 atom stereocenters. The van der Waals surface area contributed by atoms with Gasteiger partial charge < -0.3 is 11.1 Å². The van der Waals surface area contributed by atoms with Crippen LogP contribution in [0.5, 0.6) is 0 Å². The van der Waals surface area contributed by atoms with E-state index in [9.17, 15) is 0 Å². The highest BCUT2D eigenvalue weighted by Crippen LogP contribution is 2.18. The van der Waals surface area contributed by atoms with Crippen LogP contribution < -0.4 is 11.1 Å². The van der Waals surface area contributed by atoms with E-state index in [4.69, 9.17) is 28.9 Å². The molecule has 0 saturated carbocycles. The molecule has 0 amide bonds. The number of nitrogen functional groups attached to an aromatic ring is 1. The Balaban J connectivity index is 1.57. The lowest BCUT2D eigenvalue weighted by atomic mass is 10.2. The number of thioether (sulfide) groups is 1. The first-order chi connectivity index (χ1) is 12.6. The fourth-order valence-corrected chi connectivity index (χ4v) is 3.41. The van der Waals surface area contributed by atoms with Gasteiger partial charge in [-0.3, -0.25) is 0 Å². The van der Waals surface area contributed by atoms with Crippen molar-refractivity contribution in [3.63, 3.8) is 0 Å². The lowest BCUT2D eigenvalue weighted by molar-refractivity contribution is 0.829. The Morgan fingerprint density at radius 1 is 0.962 bits per heavy atom. The standard InChI is InChI=1S/C18H17Cl2N5S/c19-13-6-4-12(5-7-13)8-9-26-18-24-16(23-17(21)25-18)11-22-15-3-1-2-14(20)10-15/h1-7,10,22H,8-9,11H2,(H2,21,23,24,25). The second-order valence-corrected chi connectivity index (χ2v) is 7.42. The molecule has 5 nitrogen and oxygen atoms in total. The quantitative estimate of drug-likeness (QED) is 0.554. The average Bonchev–Trinajstić information content (AvgIpc) is 2.61. The first kappa shape index (κ1) is 18.8. The van der Waals surface area contributed by atoms with Crippen LogP contribution in [0.25, 0.3) is 0 Å². The minimum absolute atomic E-state index is 0.219. The van der Waals surface area contributed by atoms with E-state index < -0.39 is 0 Å². The summed E-state index contributed by atoms with van der Waals surface area (Å²) in [4.78, 5) is 12.8. The third kappa shape index (κ3) is 5.76. The number of nitrogens with zero attached hydrogens (tertiary/aromatic N) is 3. The second-order valence-electron chi connectivity index (χ2n) is 5.48. The Hall–Kier alpha value is -2.02. The summed E-state index contributed by atoms with van der Waals surface area (Å²) < 4.78 is 0. The van der Waals surface area contributed by atoms with Crippen molar-refractivity contribution in [2.75, 3.05) is 16.8 Å². The number of aromatic nitrogens is 3. The highest BCUT2D eigenvalue weighted by Gasteiger charge is 2.06. The molecule has 8 heteroatoms. The third-order valence-electron chi connectivity index (χ3n) is 3.49. The Morgan fingerprint density at radius 3 is 2.54 bits per heavy atom. The lowest BCUT2D eigenvalue weighted by Crippen LogP contribution is -2.09. The van der Waals surface area contributed by atoms with Gasteiger partial charge in [-0.15, -0.1) is 0 Å². The summed E-state index contributed by atoms with van der Waals surface area (Å²) in [6.07, 6.45) is 0.892. The molecule has 134 valence electrons. The number of hydrogen-bond acceptors (Lipinski definition) is 6. The van der Waals surface area contributed by atoms with Crippen LogP contribution in [0.15, 0.2) is 53.7 Å². The number of aryl methyl sites for hydroxylation is 1. The molecule has 0 radical (unpaired) electrons. The molecular formula is C18H17Cl2N5S. The predicted octanol–water partition coefficient (Wildman–Crippen LogP) is 4.71. The molecule has 3 N–H and O–H groups in total. The Morgan fingerprint density at radius 2 is 1.77 bits per heavy atom. The maximum Gasteiger partial charge on any atom is 0.224 e. The van der Waals surface area contributed by atoms with Crippen molar-refractivity contribution in [3.8, 4) is 0 Å². The van der Waals surface area contributed by atoms with Crippen molar-refractivity contribution in [2.24, 2.45) is 0 Å². The van der Waals surface area contributed by atoms with E-state index in [0.717, 1.165) is 22.9 Å². The van der Waals surface area contributed by atoms with Crippen molar-refractivity contribution in [3.05, 3.63) is 70.0 Å². The highest BCUT2D eigenvalue weighted by atomic mass is 35.5. The summed E-state index contributed by atoms with van der Waals surface area (Å²) in [5, 5.41) is 5.26. The van der Waals surface area contributed by atoms with Gasteiger partial charge in [-0.2, -0.15) is 9.97 Å². The van der Waals surface area contributed by atoms with Crippen LogP contribution in [0.4, 0.5) is 11.6 Å². The van der Waals surface area contributed by atoms with Gasteiger partial charge in [0.1, 0.15) is 0 Å². The number of nitrogens with two attached hydrogens (primary N) is 1. The Kier molecular flexibility index (Phi) is 6.55. The molecular weight excluding hydrogens is 389 g/mol. The third-order valence-corrected chi connectivity index (χ3v) is 4.82. The first-order valence-electron chi connectivity index (χ1n) is 7.95. The van der Waals surface area contributed by atoms with Crippen LogP contribution >= 0.6 is 35.0 Å². The summed E-state index contributed by atoms with van der Waals surface area (Å²) >= 11 is 13.4. The molecule has 0 aliphatic carbocycles. The number of benzene rings is 2. The molecule has 0 spiro atoms. The van der Waals surface area contributed by atoms with Crippen LogP contribution in [0.2, 0.25) is 10.0 Å². The molecule has 3 rings (SSSR count). The molecule has 0 unspecified atom stereocenters. The molecule has 2 aromatic carbocycles. The Labute approximate surface area is 166 Å². The zero-order chi connectivity index (χ0) is 18.4. The fraction of sp³-hybridized carbons (Fsp3) is 0.167. The van der Waals surface area contributed by atoms with E-state index in [2.05, 4.69) is 20.3 Å². The van der Waals surface area contributed by atoms with E-state index in [0.29, 0.717) is 22.5 Å². The summed E-state index contributed by atoms with van der Waals surface area (Å²) in [5.41, 5.74) is 7.92. The SMILES string of the molecule is Nc1nc(CNc2cccc(Cl)c2)nc(SCCc2ccc(Cl)cc2)n1. The number of anilines is 2. The smallest absolute Gasteiger partial charge is 0.224 e. The van der Waals surface area contributed by atoms with Gasteiger partial charge in [-0.05, 0) is 42.3 Å². The van der Waals surface area contributed by atoms with E-state index in [-0.39, 0.29) is 5.95 Å². The maximum atomic E-state index is 5.98. The molecule has 0 aliphatic rings. The zero-order valence-corrected chi connectivity index (χ0v) is 16.2. The second kappa shape index (κ2) is 9.07. The molecule has 3 aromatic rings. The van der Waals surface area contributed by atoms with Crippen LogP contribution in [-0.2, 0) is 13.0 Å². The van der Waals surface area contributed by atoms with Crippen LogP contribution in [0.3, 0.4) is 0 Å². The van der Waals surface area contributed by atoms with Gasteiger partial charge in [0.2, 0.25) is 5.95 Å². The molecule has 1 aromatic heterocycles. The van der Waals surface area contributed by atoms with E-state index in [1.807, 2.05) is 48.5 Å². The Bertz CT molecular complexity index is 874. The monoisotopic (exact) mass is 405 g/mol. The van der Waals surface area contributed by atoms with Crippen LogP contribution in [0.1, 0.15) is 11.4 Å². The fourth-order valence-electron chi connectivity index (χ4n) is 2.25. The van der Waals surface area contributed by atoms with Gasteiger partial charge >= 0.3 is 0 Å². The minimum Gasteiger partial charge on any atom is -0.378 e. The molecule has 0 aliphatic heterocycles. The minimum atomic E-state index is 0.219. The first-order valence-corrected chi connectivity index (χ1v) is 9.70. The van der Waals surface area contributed by atoms with Gasteiger partial charge in [-0.1, -0.05) is 53.2 Å². The number of halogens is 2. The van der Waals surface area contributed by atoms with Crippen LogP contribution in [-0.4, -0.2) is 20.7 Å². The summed E-state index contributed by atoms with van der Waals surface area (Å²) in [6, 6.07) is 15.3. The topological polar surface area (TPSA) is 76.7 Å². The van der Waals surface area contributed by atoms with Crippen LogP contribution in [0, 0.1) is 0 Å². The predicted molar refractivity (Wildman–Crippen MR) is 109 cm³/mol. The van der Waals surface area contributed by atoms with Gasteiger partial charge in [0.05, 0.1) is 6.54 Å². The number of nitrogens with one attached hydrogen (secondary N) is 1. The van der Waals surface area contributed by atoms with Gasteiger partial charge in [0, 0.05) is 21.5 Å². The van der Waals surface area contributed by atoms with E-state index in [1.54, 1.807) is 11.8 Å². The molecule has 26 heavy (non-hydrogen) atoms. The van der Waals surface area contributed by atoms with Gasteiger partial charge in [-0.25, -0.2) is 4.98 Å². The van der Waals surface area contributed by atoms with Gasteiger partial charge in [0.25, 0.3) is 0 Å². The molecule has 0 fully saturated rings. The molecule has 1 heterocycles. The normalized spacial score (nSPS) is 10.7. The summed E-state index contributed by atoms with van der Waals surface area (Å²) in [6.45, 7) is 0.442. The van der Waals surface area contributed by atoms with Crippen molar-refractivity contribution >= 4 is 46.6 Å². The summed E-state index contributed by atoms with van der Waals surface area (Å²) in [5.74, 6) is 1.65. The van der Waals surface area contributed by atoms with Gasteiger partial charge in [0.15, 0.2) is 11.0 Å². The van der Waals surface area contributed by atoms with Crippen molar-refractivity contribution in [1.29, 1.82) is 0 Å². The lowest BCUT2D eigenvalue weighted by Gasteiger charge is -2.08. The molecule has 0 bridgehead atoms. The maximum absolute atomic E-state index is 5.98. The van der Waals surface area contributed by atoms with Crippen molar-refractivity contribution < 1.29 is 0 Å². The number of rotatable bonds is 7. The highest BCUT2D eigenvalue weighted by molar-refractivity contribution is 7.99. The zero-order valence-electron chi connectivity index (χ0n) is 13.8. The van der Waals surface area contributed by atoms with Crippen molar-refractivity contribution in [2.45, 2.75) is 18.1 Å².